The molecule has 1 saturated heterocycles. The van der Waals surface area contributed by atoms with Crippen molar-refractivity contribution < 1.29 is 14.4 Å². The standard InChI is InChI=1S/C19H24N4O3/c1-12(17(25)20-13-6-7-13)23-11-10-19(9-8-16(23)24)21-15-5-3-2-4-14(15)18(26)22-19/h2-5,12-13,21H,6-11H2,1H3,(H,20,25)(H,22,26)/t12-,19+/m1/s1. The number of hydrogen-bond acceptors (Lipinski definition) is 4. The summed E-state index contributed by atoms with van der Waals surface area (Å²) in [5.74, 6) is -0.266. The predicted octanol–water partition coefficient (Wildman–Crippen LogP) is 1.22. The Morgan fingerprint density at radius 1 is 1.23 bits per heavy atom. The van der Waals surface area contributed by atoms with Gasteiger partial charge in [0.1, 0.15) is 11.7 Å². The zero-order valence-electron chi connectivity index (χ0n) is 14.9. The van der Waals surface area contributed by atoms with Crippen LogP contribution in [0.15, 0.2) is 24.3 Å². The topological polar surface area (TPSA) is 90.5 Å². The molecule has 0 unspecified atom stereocenters. The van der Waals surface area contributed by atoms with Crippen LogP contribution in [-0.2, 0) is 9.59 Å². The highest BCUT2D eigenvalue weighted by molar-refractivity contribution is 6.02. The molecule has 2 heterocycles. The Balaban J connectivity index is 1.49. The summed E-state index contributed by atoms with van der Waals surface area (Å²) >= 11 is 0. The van der Waals surface area contributed by atoms with Gasteiger partial charge in [0.15, 0.2) is 0 Å². The van der Waals surface area contributed by atoms with Gasteiger partial charge in [0.05, 0.1) is 5.56 Å². The third-order valence-corrected chi connectivity index (χ3v) is 5.53. The van der Waals surface area contributed by atoms with E-state index in [1.165, 1.54) is 0 Å². The van der Waals surface area contributed by atoms with Gasteiger partial charge in [-0.05, 0) is 38.3 Å². The van der Waals surface area contributed by atoms with E-state index in [9.17, 15) is 14.4 Å². The largest absolute Gasteiger partial charge is 0.362 e. The molecular formula is C19H24N4O3. The van der Waals surface area contributed by atoms with Gasteiger partial charge >= 0.3 is 0 Å². The number of carbonyl (C=O) groups is 3. The minimum atomic E-state index is -0.650. The number of hydrogen-bond donors (Lipinski definition) is 3. The van der Waals surface area contributed by atoms with E-state index < -0.39 is 11.7 Å². The second-order valence-electron chi connectivity index (χ2n) is 7.50. The number of fused-ring (bicyclic) bond motifs is 1. The van der Waals surface area contributed by atoms with Crippen LogP contribution in [0.3, 0.4) is 0 Å². The molecule has 1 saturated carbocycles. The summed E-state index contributed by atoms with van der Waals surface area (Å²) in [6, 6.07) is 7.15. The van der Waals surface area contributed by atoms with E-state index >= 15 is 0 Å². The van der Waals surface area contributed by atoms with Gasteiger partial charge in [0.2, 0.25) is 11.8 Å². The zero-order chi connectivity index (χ0) is 18.3. The average molecular weight is 356 g/mol. The normalized spacial score (nSPS) is 26.4. The molecule has 1 aromatic carbocycles. The third kappa shape index (κ3) is 3.13. The van der Waals surface area contributed by atoms with Crippen LogP contribution < -0.4 is 16.0 Å². The molecule has 3 N–H and O–H groups in total. The Bertz CT molecular complexity index is 761. The first-order valence-corrected chi connectivity index (χ1v) is 9.27. The number of para-hydroxylation sites is 1. The first-order chi connectivity index (χ1) is 12.5. The first kappa shape index (κ1) is 16.9. The van der Waals surface area contributed by atoms with Crippen molar-refractivity contribution in [3.8, 4) is 0 Å². The van der Waals surface area contributed by atoms with E-state index in [2.05, 4.69) is 16.0 Å². The maximum Gasteiger partial charge on any atom is 0.255 e. The van der Waals surface area contributed by atoms with Crippen molar-refractivity contribution >= 4 is 23.4 Å². The lowest BCUT2D eigenvalue weighted by Crippen LogP contribution is -2.58. The quantitative estimate of drug-likeness (QED) is 0.759. The summed E-state index contributed by atoms with van der Waals surface area (Å²) in [6.07, 6.45) is 3.38. The fourth-order valence-corrected chi connectivity index (χ4v) is 3.74. The Morgan fingerprint density at radius 3 is 2.77 bits per heavy atom. The molecule has 0 bridgehead atoms. The third-order valence-electron chi connectivity index (χ3n) is 5.53. The average Bonchev–Trinajstić information content (AvgIpc) is 3.44. The number of nitrogens with one attached hydrogen (secondary N) is 3. The molecule has 3 aliphatic rings. The summed E-state index contributed by atoms with van der Waals surface area (Å²) < 4.78 is 0. The first-order valence-electron chi connectivity index (χ1n) is 9.27. The maximum atomic E-state index is 12.6. The molecule has 1 aromatic rings. The van der Waals surface area contributed by atoms with Crippen LogP contribution in [-0.4, -0.2) is 46.9 Å². The van der Waals surface area contributed by atoms with E-state index in [0.717, 1.165) is 18.5 Å². The van der Waals surface area contributed by atoms with Crippen LogP contribution in [0, 0.1) is 0 Å². The number of rotatable bonds is 3. The van der Waals surface area contributed by atoms with E-state index in [4.69, 9.17) is 0 Å². The van der Waals surface area contributed by atoms with Crippen LogP contribution in [0.5, 0.6) is 0 Å². The number of carbonyl (C=O) groups excluding carboxylic acids is 3. The summed E-state index contributed by atoms with van der Waals surface area (Å²) in [4.78, 5) is 39.1. The van der Waals surface area contributed by atoms with Gasteiger partial charge in [-0.2, -0.15) is 0 Å². The molecular weight excluding hydrogens is 332 g/mol. The van der Waals surface area contributed by atoms with Crippen LogP contribution in [0.4, 0.5) is 5.69 Å². The van der Waals surface area contributed by atoms with Gasteiger partial charge in [-0.25, -0.2) is 0 Å². The van der Waals surface area contributed by atoms with Gasteiger partial charge in [-0.1, -0.05) is 12.1 Å². The molecule has 7 heteroatoms. The van der Waals surface area contributed by atoms with Crippen LogP contribution >= 0.6 is 0 Å². The predicted molar refractivity (Wildman–Crippen MR) is 96.5 cm³/mol. The summed E-state index contributed by atoms with van der Waals surface area (Å²) in [6.45, 7) is 2.20. The molecule has 7 nitrogen and oxygen atoms in total. The Labute approximate surface area is 152 Å². The smallest absolute Gasteiger partial charge is 0.255 e. The lowest BCUT2D eigenvalue weighted by molar-refractivity contribution is -0.139. The van der Waals surface area contributed by atoms with Crippen LogP contribution in [0.1, 0.15) is 49.4 Å². The highest BCUT2D eigenvalue weighted by Crippen LogP contribution is 2.32. The van der Waals surface area contributed by atoms with Crippen molar-refractivity contribution in [2.75, 3.05) is 11.9 Å². The van der Waals surface area contributed by atoms with Crippen molar-refractivity contribution in [3.05, 3.63) is 29.8 Å². The summed E-state index contributed by atoms with van der Waals surface area (Å²) in [5, 5.41) is 9.44. The molecule has 3 amide bonds. The molecule has 138 valence electrons. The number of anilines is 1. The number of likely N-dealkylation sites (tertiary alicyclic amines) is 1. The van der Waals surface area contributed by atoms with Crippen LogP contribution in [0.2, 0.25) is 0 Å². The Hall–Kier alpha value is -2.57. The van der Waals surface area contributed by atoms with Gasteiger partial charge in [-0.3, -0.25) is 14.4 Å². The number of amides is 3. The fraction of sp³-hybridized carbons (Fsp3) is 0.526. The molecule has 26 heavy (non-hydrogen) atoms. The molecule has 2 atom stereocenters. The molecule has 1 spiro atoms. The lowest BCUT2D eigenvalue weighted by atomic mass is 9.95. The minimum Gasteiger partial charge on any atom is -0.362 e. The molecule has 0 radical (unpaired) electrons. The molecule has 4 rings (SSSR count). The molecule has 2 fully saturated rings. The van der Waals surface area contributed by atoms with Crippen LogP contribution in [0.25, 0.3) is 0 Å². The highest BCUT2D eigenvalue weighted by Gasteiger charge is 2.42. The highest BCUT2D eigenvalue weighted by atomic mass is 16.2. The minimum absolute atomic E-state index is 0.0461. The number of nitrogens with zero attached hydrogens (tertiary/aromatic N) is 1. The van der Waals surface area contributed by atoms with Gasteiger partial charge in [-0.15, -0.1) is 0 Å². The Kier molecular flexibility index (Phi) is 4.09. The Morgan fingerprint density at radius 2 is 2.00 bits per heavy atom. The molecule has 0 aromatic heterocycles. The van der Waals surface area contributed by atoms with Crippen molar-refractivity contribution in [3.63, 3.8) is 0 Å². The van der Waals surface area contributed by atoms with Crippen molar-refractivity contribution in [2.24, 2.45) is 0 Å². The SMILES string of the molecule is C[C@H](C(=O)NC1CC1)N1CC[C@]2(CCC1=O)NC(=O)c1ccccc1N2. The van der Waals surface area contributed by atoms with Gasteiger partial charge < -0.3 is 20.9 Å². The zero-order valence-corrected chi connectivity index (χ0v) is 14.9. The number of benzene rings is 1. The summed E-state index contributed by atoms with van der Waals surface area (Å²) in [7, 11) is 0. The maximum absolute atomic E-state index is 12.6. The summed E-state index contributed by atoms with van der Waals surface area (Å²) in [5.41, 5.74) is 0.752. The second kappa shape index (κ2) is 6.30. The van der Waals surface area contributed by atoms with E-state index in [0.29, 0.717) is 24.9 Å². The fourth-order valence-electron chi connectivity index (χ4n) is 3.74. The van der Waals surface area contributed by atoms with E-state index in [1.807, 2.05) is 18.2 Å². The molecule has 2 aliphatic heterocycles. The van der Waals surface area contributed by atoms with Crippen molar-refractivity contribution in [1.29, 1.82) is 0 Å². The van der Waals surface area contributed by atoms with Gasteiger partial charge in [0.25, 0.3) is 5.91 Å². The monoisotopic (exact) mass is 356 g/mol. The second-order valence-corrected chi connectivity index (χ2v) is 7.50. The van der Waals surface area contributed by atoms with Crippen molar-refractivity contribution in [1.82, 2.24) is 15.5 Å². The van der Waals surface area contributed by atoms with E-state index in [-0.39, 0.29) is 30.2 Å². The lowest BCUT2D eigenvalue weighted by Gasteiger charge is -2.40. The van der Waals surface area contributed by atoms with E-state index in [1.54, 1.807) is 17.9 Å². The van der Waals surface area contributed by atoms with Gasteiger partial charge in [0, 0.05) is 31.1 Å². The molecule has 1 aliphatic carbocycles. The van der Waals surface area contributed by atoms with Crippen molar-refractivity contribution in [2.45, 2.75) is 56.8 Å².